The van der Waals surface area contributed by atoms with Crippen LogP contribution in [0.1, 0.15) is 16.1 Å². The lowest BCUT2D eigenvalue weighted by atomic mass is 10.1. The summed E-state index contributed by atoms with van der Waals surface area (Å²) in [4.78, 5) is 4.53. The Labute approximate surface area is 121 Å². The lowest BCUT2D eigenvalue weighted by Gasteiger charge is -2.05. The Hall–Kier alpha value is -2.38. The minimum atomic E-state index is 0.449. The Morgan fingerprint density at radius 2 is 2.10 bits per heavy atom. The van der Waals surface area contributed by atoms with Crippen LogP contribution < -0.4 is 4.74 Å². The zero-order chi connectivity index (χ0) is 13.9. The summed E-state index contributed by atoms with van der Waals surface area (Å²) in [6.45, 7) is 2.35. The first-order chi connectivity index (χ1) is 9.76. The molecule has 0 saturated carbocycles. The van der Waals surface area contributed by atoms with Gasteiger partial charge in [-0.2, -0.15) is 5.26 Å². The maximum Gasteiger partial charge on any atom is 0.140 e. The molecule has 1 heterocycles. The SMILES string of the molecule is Cc1cc(OCc2nc3ccccc3s2)ccc1C#N. The van der Waals surface area contributed by atoms with Crippen molar-refractivity contribution in [2.45, 2.75) is 13.5 Å². The van der Waals surface area contributed by atoms with Crippen molar-refractivity contribution in [3.8, 4) is 11.8 Å². The van der Waals surface area contributed by atoms with Gasteiger partial charge in [0.25, 0.3) is 0 Å². The molecule has 0 spiro atoms. The van der Waals surface area contributed by atoms with Crippen molar-refractivity contribution < 1.29 is 4.74 Å². The topological polar surface area (TPSA) is 45.9 Å². The summed E-state index contributed by atoms with van der Waals surface area (Å²) < 4.78 is 6.91. The maximum absolute atomic E-state index is 8.90. The third-order valence-electron chi connectivity index (χ3n) is 3.02. The van der Waals surface area contributed by atoms with Gasteiger partial charge in [0.15, 0.2) is 0 Å². The normalized spacial score (nSPS) is 10.4. The lowest BCUT2D eigenvalue weighted by molar-refractivity contribution is 0.305. The summed E-state index contributed by atoms with van der Waals surface area (Å²) in [5.41, 5.74) is 2.61. The molecule has 3 aromatic rings. The number of para-hydroxylation sites is 1. The molecule has 0 amide bonds. The third kappa shape index (κ3) is 2.49. The maximum atomic E-state index is 8.90. The van der Waals surface area contributed by atoms with Crippen LogP contribution in [-0.4, -0.2) is 4.98 Å². The van der Waals surface area contributed by atoms with Crippen molar-refractivity contribution in [3.05, 3.63) is 58.6 Å². The van der Waals surface area contributed by atoms with Gasteiger partial charge >= 0.3 is 0 Å². The molecule has 0 fully saturated rings. The molecule has 4 heteroatoms. The number of rotatable bonds is 3. The van der Waals surface area contributed by atoms with Crippen LogP contribution >= 0.6 is 11.3 Å². The van der Waals surface area contributed by atoms with E-state index in [0.717, 1.165) is 21.8 Å². The highest BCUT2D eigenvalue weighted by Crippen LogP contribution is 2.23. The van der Waals surface area contributed by atoms with Crippen LogP contribution in [0.4, 0.5) is 0 Å². The second-order valence-electron chi connectivity index (χ2n) is 4.45. The number of thiazole rings is 1. The standard InChI is InChI=1S/C16H12N2OS/c1-11-8-13(7-6-12(11)9-17)19-10-16-18-14-4-2-3-5-15(14)20-16/h2-8H,10H2,1H3. The Bertz CT molecular complexity index is 769. The monoisotopic (exact) mass is 280 g/mol. The van der Waals surface area contributed by atoms with E-state index in [0.29, 0.717) is 12.2 Å². The number of hydrogen-bond acceptors (Lipinski definition) is 4. The predicted octanol–water partition coefficient (Wildman–Crippen LogP) is 4.06. The zero-order valence-corrected chi connectivity index (χ0v) is 11.8. The zero-order valence-electron chi connectivity index (χ0n) is 11.0. The average Bonchev–Trinajstić information content (AvgIpc) is 2.88. The number of benzene rings is 2. The van der Waals surface area contributed by atoms with Gasteiger partial charge in [0.2, 0.25) is 0 Å². The number of fused-ring (bicyclic) bond motifs is 1. The minimum absolute atomic E-state index is 0.449. The molecule has 0 radical (unpaired) electrons. The van der Waals surface area contributed by atoms with Crippen molar-refractivity contribution in [1.29, 1.82) is 5.26 Å². The van der Waals surface area contributed by atoms with Gasteiger partial charge in [-0.1, -0.05) is 12.1 Å². The minimum Gasteiger partial charge on any atom is -0.486 e. The second-order valence-corrected chi connectivity index (χ2v) is 5.57. The first-order valence-corrected chi connectivity index (χ1v) is 7.06. The van der Waals surface area contributed by atoms with E-state index in [1.54, 1.807) is 17.4 Å². The van der Waals surface area contributed by atoms with Crippen molar-refractivity contribution >= 4 is 21.6 Å². The highest BCUT2D eigenvalue weighted by atomic mass is 32.1. The molecule has 1 aromatic heterocycles. The lowest BCUT2D eigenvalue weighted by Crippen LogP contribution is -1.95. The van der Waals surface area contributed by atoms with Gasteiger partial charge in [0.1, 0.15) is 17.4 Å². The Balaban J connectivity index is 1.76. The molecule has 0 aliphatic carbocycles. The first-order valence-electron chi connectivity index (χ1n) is 6.24. The molecule has 0 aliphatic rings. The van der Waals surface area contributed by atoms with E-state index in [9.17, 15) is 0 Å². The average molecular weight is 280 g/mol. The van der Waals surface area contributed by atoms with Gasteiger partial charge in [-0.15, -0.1) is 11.3 Å². The Morgan fingerprint density at radius 1 is 1.25 bits per heavy atom. The molecule has 3 nitrogen and oxygen atoms in total. The van der Waals surface area contributed by atoms with Crippen LogP contribution in [0.15, 0.2) is 42.5 Å². The van der Waals surface area contributed by atoms with Crippen molar-refractivity contribution in [3.63, 3.8) is 0 Å². The predicted molar refractivity (Wildman–Crippen MR) is 79.8 cm³/mol. The number of nitrogens with zero attached hydrogens (tertiary/aromatic N) is 2. The number of hydrogen-bond donors (Lipinski definition) is 0. The fraction of sp³-hybridized carbons (Fsp3) is 0.125. The molecule has 0 N–H and O–H groups in total. The van der Waals surface area contributed by atoms with Crippen molar-refractivity contribution in [2.24, 2.45) is 0 Å². The van der Waals surface area contributed by atoms with Crippen molar-refractivity contribution in [1.82, 2.24) is 4.98 Å². The molecule has 0 saturated heterocycles. The van der Waals surface area contributed by atoms with Gasteiger partial charge in [-0.3, -0.25) is 0 Å². The number of ether oxygens (including phenoxy) is 1. The quantitative estimate of drug-likeness (QED) is 0.727. The first kappa shape index (κ1) is 12.6. The molecule has 0 aliphatic heterocycles. The summed E-state index contributed by atoms with van der Waals surface area (Å²) in [5, 5.41) is 9.85. The molecule has 0 atom stereocenters. The van der Waals surface area contributed by atoms with Crippen LogP contribution in [0.2, 0.25) is 0 Å². The van der Waals surface area contributed by atoms with Gasteiger partial charge in [-0.25, -0.2) is 4.98 Å². The molecule has 0 bridgehead atoms. The molecule has 98 valence electrons. The van der Waals surface area contributed by atoms with Crippen LogP contribution in [0.5, 0.6) is 5.75 Å². The largest absolute Gasteiger partial charge is 0.486 e. The van der Waals surface area contributed by atoms with Gasteiger partial charge in [0, 0.05) is 0 Å². The van der Waals surface area contributed by atoms with Gasteiger partial charge < -0.3 is 4.74 Å². The van der Waals surface area contributed by atoms with Crippen molar-refractivity contribution in [2.75, 3.05) is 0 Å². The molecule has 0 unspecified atom stereocenters. The number of aryl methyl sites for hydroxylation is 1. The van der Waals surface area contributed by atoms with E-state index in [1.807, 2.05) is 37.3 Å². The summed E-state index contributed by atoms with van der Waals surface area (Å²) in [6.07, 6.45) is 0. The summed E-state index contributed by atoms with van der Waals surface area (Å²) in [7, 11) is 0. The Kier molecular flexibility index (Phi) is 3.36. The molecular weight excluding hydrogens is 268 g/mol. The summed E-state index contributed by atoms with van der Waals surface area (Å²) >= 11 is 1.64. The number of nitriles is 1. The Morgan fingerprint density at radius 3 is 2.85 bits per heavy atom. The van der Waals surface area contributed by atoms with E-state index in [2.05, 4.69) is 17.1 Å². The summed E-state index contributed by atoms with van der Waals surface area (Å²) in [5.74, 6) is 0.765. The van der Waals surface area contributed by atoms with Gasteiger partial charge in [-0.05, 0) is 42.8 Å². The summed E-state index contributed by atoms with van der Waals surface area (Å²) in [6, 6.07) is 15.7. The number of aromatic nitrogens is 1. The van der Waals surface area contributed by atoms with Gasteiger partial charge in [0.05, 0.1) is 21.8 Å². The molecule has 3 rings (SSSR count). The molecular formula is C16H12N2OS. The molecule has 20 heavy (non-hydrogen) atoms. The van der Waals surface area contributed by atoms with Crippen LogP contribution in [0.25, 0.3) is 10.2 Å². The fourth-order valence-corrected chi connectivity index (χ4v) is 2.86. The van der Waals surface area contributed by atoms with E-state index >= 15 is 0 Å². The van der Waals surface area contributed by atoms with Crippen LogP contribution in [-0.2, 0) is 6.61 Å². The second kappa shape index (κ2) is 5.32. The van der Waals surface area contributed by atoms with Crippen LogP contribution in [0, 0.1) is 18.3 Å². The molecule has 2 aromatic carbocycles. The third-order valence-corrected chi connectivity index (χ3v) is 4.03. The highest BCUT2D eigenvalue weighted by Gasteiger charge is 2.05. The van der Waals surface area contributed by atoms with Crippen LogP contribution in [0.3, 0.4) is 0 Å². The van der Waals surface area contributed by atoms with E-state index in [4.69, 9.17) is 10.00 Å². The van der Waals surface area contributed by atoms with E-state index in [1.165, 1.54) is 4.70 Å². The van der Waals surface area contributed by atoms with E-state index in [-0.39, 0.29) is 0 Å². The highest BCUT2D eigenvalue weighted by molar-refractivity contribution is 7.18. The van der Waals surface area contributed by atoms with E-state index < -0.39 is 0 Å². The fourth-order valence-electron chi connectivity index (χ4n) is 1.98. The smallest absolute Gasteiger partial charge is 0.140 e.